The monoisotopic (exact) mass is 280 g/mol. The highest BCUT2D eigenvalue weighted by Gasteiger charge is 2.74. The smallest absolute Gasteiger partial charge is 0.345 e. The van der Waals surface area contributed by atoms with Crippen molar-refractivity contribution < 1.29 is 8.85 Å². The second-order valence-electron chi connectivity index (χ2n) is 7.41. The second-order valence-corrected chi connectivity index (χ2v) is 11.0. The van der Waals surface area contributed by atoms with Gasteiger partial charge in [0.25, 0.3) is 0 Å². The van der Waals surface area contributed by atoms with Crippen LogP contribution in [0.2, 0.25) is 11.1 Å². The summed E-state index contributed by atoms with van der Waals surface area (Å²) in [5, 5.41) is 0. The first-order chi connectivity index (χ1) is 9.33. The van der Waals surface area contributed by atoms with Gasteiger partial charge in [-0.15, -0.1) is 0 Å². The van der Waals surface area contributed by atoms with Crippen molar-refractivity contribution >= 4 is 8.56 Å². The maximum absolute atomic E-state index is 6.24. The van der Waals surface area contributed by atoms with Crippen LogP contribution in [0.4, 0.5) is 0 Å². The van der Waals surface area contributed by atoms with Crippen LogP contribution in [0, 0.1) is 23.7 Å². The maximum Gasteiger partial charge on any atom is 0.345 e. The summed E-state index contributed by atoms with van der Waals surface area (Å²) in [5.74, 6) is 3.90. The van der Waals surface area contributed by atoms with Gasteiger partial charge in [-0.05, 0) is 23.7 Å². The molecule has 0 radical (unpaired) electrons. The minimum Gasteiger partial charge on any atom is -0.397 e. The van der Waals surface area contributed by atoms with Crippen LogP contribution in [0.5, 0.6) is 0 Å². The van der Waals surface area contributed by atoms with Crippen LogP contribution in [0.1, 0.15) is 51.4 Å². The van der Waals surface area contributed by atoms with Crippen molar-refractivity contribution in [3.05, 3.63) is 0 Å². The highest BCUT2D eigenvalue weighted by Crippen LogP contribution is 2.74. The number of fused-ring (bicyclic) bond motifs is 2. The van der Waals surface area contributed by atoms with Gasteiger partial charge in [0.1, 0.15) is 0 Å². The summed E-state index contributed by atoms with van der Waals surface area (Å²) in [6, 6.07) is 0. The van der Waals surface area contributed by atoms with Crippen LogP contribution >= 0.6 is 0 Å². The van der Waals surface area contributed by atoms with Gasteiger partial charge in [-0.25, -0.2) is 0 Å². The van der Waals surface area contributed by atoms with Gasteiger partial charge in [0, 0.05) is 25.3 Å². The fourth-order valence-corrected chi connectivity index (χ4v) is 11.5. The Kier molecular flexibility index (Phi) is 3.09. The van der Waals surface area contributed by atoms with E-state index < -0.39 is 8.56 Å². The summed E-state index contributed by atoms with van der Waals surface area (Å²) >= 11 is 0. The van der Waals surface area contributed by atoms with E-state index in [9.17, 15) is 0 Å². The Balaban J connectivity index is 1.57. The largest absolute Gasteiger partial charge is 0.397 e. The molecule has 0 bridgehead atoms. The molecule has 0 saturated heterocycles. The lowest BCUT2D eigenvalue weighted by Crippen LogP contribution is -2.43. The molecule has 0 aliphatic heterocycles. The van der Waals surface area contributed by atoms with Gasteiger partial charge in [-0.3, -0.25) is 0 Å². The Morgan fingerprint density at radius 1 is 0.632 bits per heavy atom. The quantitative estimate of drug-likeness (QED) is 0.722. The summed E-state index contributed by atoms with van der Waals surface area (Å²) in [6.45, 7) is 0. The Hall–Kier alpha value is 0.137. The standard InChI is InChI=1S/C16H28O2Si/c1-17-19(18-2,15-11-7-3-4-8-12(11)15)16-13-9-5-6-10-14(13)16/h11-16H,3-10H2,1-2H3. The third kappa shape index (κ3) is 1.74. The van der Waals surface area contributed by atoms with E-state index in [1.54, 1.807) is 0 Å². The molecule has 19 heavy (non-hydrogen) atoms. The molecule has 0 heterocycles. The first-order valence-corrected chi connectivity index (χ1v) is 10.4. The third-order valence-electron chi connectivity index (χ3n) is 6.88. The van der Waals surface area contributed by atoms with Gasteiger partial charge in [0.05, 0.1) is 0 Å². The van der Waals surface area contributed by atoms with Crippen LogP contribution in [0.15, 0.2) is 0 Å². The van der Waals surface area contributed by atoms with E-state index in [1.165, 1.54) is 51.4 Å². The first-order valence-electron chi connectivity index (χ1n) is 8.44. The Morgan fingerprint density at radius 2 is 0.947 bits per heavy atom. The van der Waals surface area contributed by atoms with E-state index in [2.05, 4.69) is 0 Å². The molecule has 108 valence electrons. The van der Waals surface area contributed by atoms with Crippen LogP contribution in [-0.4, -0.2) is 22.8 Å². The fraction of sp³-hybridized carbons (Fsp3) is 1.00. The van der Waals surface area contributed by atoms with E-state index in [4.69, 9.17) is 8.85 Å². The molecule has 0 aromatic rings. The van der Waals surface area contributed by atoms with E-state index in [0.29, 0.717) is 0 Å². The first kappa shape index (κ1) is 12.8. The van der Waals surface area contributed by atoms with Crippen molar-refractivity contribution in [1.82, 2.24) is 0 Å². The van der Waals surface area contributed by atoms with Gasteiger partial charge < -0.3 is 8.85 Å². The molecule has 3 heteroatoms. The lowest BCUT2D eigenvalue weighted by molar-refractivity contribution is 0.231. The molecule has 0 amide bonds. The van der Waals surface area contributed by atoms with E-state index >= 15 is 0 Å². The van der Waals surface area contributed by atoms with Gasteiger partial charge in [-0.2, -0.15) is 0 Å². The number of hydrogen-bond acceptors (Lipinski definition) is 2. The summed E-state index contributed by atoms with van der Waals surface area (Å²) in [4.78, 5) is 0. The van der Waals surface area contributed by atoms with Crippen LogP contribution < -0.4 is 0 Å². The molecule has 4 fully saturated rings. The van der Waals surface area contributed by atoms with E-state index in [1.807, 2.05) is 14.2 Å². The zero-order chi connectivity index (χ0) is 13.0. The Morgan fingerprint density at radius 3 is 1.21 bits per heavy atom. The predicted octanol–water partition coefficient (Wildman–Crippen LogP) is 4.10. The number of hydrogen-bond donors (Lipinski definition) is 0. The molecule has 4 unspecified atom stereocenters. The van der Waals surface area contributed by atoms with E-state index in [-0.39, 0.29) is 0 Å². The number of rotatable bonds is 4. The summed E-state index contributed by atoms with van der Waals surface area (Å²) in [6.07, 6.45) is 11.6. The predicted molar refractivity (Wildman–Crippen MR) is 78.2 cm³/mol. The van der Waals surface area contributed by atoms with Crippen molar-refractivity contribution in [2.45, 2.75) is 62.4 Å². The van der Waals surface area contributed by atoms with Crippen molar-refractivity contribution in [2.75, 3.05) is 14.2 Å². The molecule has 0 aromatic carbocycles. The topological polar surface area (TPSA) is 18.5 Å². The summed E-state index contributed by atoms with van der Waals surface area (Å²) in [5.41, 5.74) is 1.70. The third-order valence-corrected chi connectivity index (χ3v) is 11.7. The molecule has 0 spiro atoms. The zero-order valence-corrected chi connectivity index (χ0v) is 13.4. The molecule has 4 atom stereocenters. The molecule has 0 N–H and O–H groups in total. The van der Waals surface area contributed by atoms with Crippen molar-refractivity contribution in [3.63, 3.8) is 0 Å². The molecule has 4 aliphatic carbocycles. The van der Waals surface area contributed by atoms with Crippen LogP contribution in [0.25, 0.3) is 0 Å². The lowest BCUT2D eigenvalue weighted by atomic mass is 10.0. The van der Waals surface area contributed by atoms with Crippen molar-refractivity contribution in [3.8, 4) is 0 Å². The summed E-state index contributed by atoms with van der Waals surface area (Å²) in [7, 11) is 1.99. The Bertz CT molecular complexity index is 301. The van der Waals surface area contributed by atoms with Crippen molar-refractivity contribution in [2.24, 2.45) is 23.7 Å². The van der Waals surface area contributed by atoms with Crippen LogP contribution in [-0.2, 0) is 8.85 Å². The zero-order valence-electron chi connectivity index (χ0n) is 12.4. The van der Waals surface area contributed by atoms with Crippen molar-refractivity contribution in [1.29, 1.82) is 0 Å². The Labute approximate surface area is 118 Å². The highest BCUT2D eigenvalue weighted by atomic mass is 28.4. The minimum atomic E-state index is -1.93. The molecular weight excluding hydrogens is 252 g/mol. The molecule has 4 saturated carbocycles. The van der Waals surface area contributed by atoms with E-state index in [0.717, 1.165) is 34.8 Å². The minimum absolute atomic E-state index is 0.848. The average molecular weight is 280 g/mol. The SMILES string of the molecule is CO[Si](OC)(C1C2CCCCC21)C1C2CCCCC21. The molecule has 0 aromatic heterocycles. The molecule has 2 nitrogen and oxygen atoms in total. The normalized spacial score (nSPS) is 48.3. The summed E-state index contributed by atoms with van der Waals surface area (Å²) < 4.78 is 12.5. The van der Waals surface area contributed by atoms with Gasteiger partial charge in [0.2, 0.25) is 0 Å². The maximum atomic E-state index is 6.24. The highest BCUT2D eigenvalue weighted by molar-refractivity contribution is 6.72. The van der Waals surface area contributed by atoms with Gasteiger partial charge in [-0.1, -0.05) is 51.4 Å². The average Bonchev–Trinajstić information content (AvgIpc) is 3.36. The second kappa shape index (κ2) is 4.57. The molecule has 4 aliphatic rings. The van der Waals surface area contributed by atoms with Gasteiger partial charge in [0.15, 0.2) is 0 Å². The fourth-order valence-electron chi connectivity index (χ4n) is 6.03. The van der Waals surface area contributed by atoms with Crippen LogP contribution in [0.3, 0.4) is 0 Å². The molecule has 4 rings (SSSR count). The van der Waals surface area contributed by atoms with Gasteiger partial charge >= 0.3 is 8.56 Å². The molecular formula is C16H28O2Si. The lowest BCUT2D eigenvalue weighted by Gasteiger charge is -2.29.